The first-order valence-corrected chi connectivity index (χ1v) is 11.5. The van der Waals surface area contributed by atoms with Crippen LogP contribution in [0, 0.1) is 0 Å². The van der Waals surface area contributed by atoms with Gasteiger partial charge in [-0.15, -0.1) is 0 Å². The van der Waals surface area contributed by atoms with Gasteiger partial charge < -0.3 is 4.74 Å². The molecule has 2 aromatic carbocycles. The zero-order chi connectivity index (χ0) is 21.8. The van der Waals surface area contributed by atoms with Crippen LogP contribution in [-0.2, 0) is 4.79 Å². The third-order valence-electron chi connectivity index (χ3n) is 4.79. The van der Waals surface area contributed by atoms with E-state index >= 15 is 0 Å². The Bertz CT molecular complexity index is 1140. The van der Waals surface area contributed by atoms with Crippen molar-refractivity contribution in [1.82, 2.24) is 14.7 Å². The lowest BCUT2D eigenvalue weighted by Gasteiger charge is -2.11. The minimum absolute atomic E-state index is 0.0432. The predicted molar refractivity (Wildman–Crippen MR) is 130 cm³/mol. The molecule has 0 saturated carbocycles. The number of thiocarbonyl (C=S) groups is 1. The molecule has 7 heteroatoms. The van der Waals surface area contributed by atoms with E-state index in [0.717, 1.165) is 34.7 Å². The van der Waals surface area contributed by atoms with Crippen LogP contribution in [0.25, 0.3) is 23.0 Å². The van der Waals surface area contributed by atoms with Crippen LogP contribution in [0.4, 0.5) is 0 Å². The van der Waals surface area contributed by atoms with E-state index in [1.807, 2.05) is 85.4 Å². The lowest BCUT2D eigenvalue weighted by molar-refractivity contribution is -0.122. The van der Waals surface area contributed by atoms with E-state index in [9.17, 15) is 4.79 Å². The summed E-state index contributed by atoms with van der Waals surface area (Å²) in [5.74, 6) is 0.743. The highest BCUT2D eigenvalue weighted by molar-refractivity contribution is 8.26. The smallest absolute Gasteiger partial charge is 0.266 e. The van der Waals surface area contributed by atoms with Gasteiger partial charge in [0.15, 0.2) is 0 Å². The van der Waals surface area contributed by atoms with Crippen molar-refractivity contribution in [3.63, 3.8) is 0 Å². The molecule has 3 aromatic rings. The number of carbonyl (C=O) groups excluding carboxylic acids is 1. The molecule has 4 rings (SSSR count). The van der Waals surface area contributed by atoms with Crippen molar-refractivity contribution in [2.75, 3.05) is 13.2 Å². The Morgan fingerprint density at radius 1 is 1.13 bits per heavy atom. The van der Waals surface area contributed by atoms with Gasteiger partial charge >= 0.3 is 0 Å². The minimum atomic E-state index is -0.0432. The van der Waals surface area contributed by atoms with Crippen molar-refractivity contribution in [1.29, 1.82) is 0 Å². The van der Waals surface area contributed by atoms with Crippen molar-refractivity contribution in [2.45, 2.75) is 20.3 Å². The summed E-state index contributed by atoms with van der Waals surface area (Å²) in [6.07, 6.45) is 4.70. The summed E-state index contributed by atoms with van der Waals surface area (Å²) in [5.41, 5.74) is 3.51. The van der Waals surface area contributed by atoms with Gasteiger partial charge in [0.25, 0.3) is 5.91 Å². The van der Waals surface area contributed by atoms with Crippen molar-refractivity contribution in [3.8, 4) is 22.7 Å². The minimum Gasteiger partial charge on any atom is -0.494 e. The Morgan fingerprint density at radius 3 is 2.68 bits per heavy atom. The van der Waals surface area contributed by atoms with Crippen LogP contribution in [0.5, 0.6) is 5.75 Å². The van der Waals surface area contributed by atoms with E-state index in [4.69, 9.17) is 22.1 Å². The van der Waals surface area contributed by atoms with Gasteiger partial charge in [0.05, 0.1) is 17.2 Å². The largest absolute Gasteiger partial charge is 0.494 e. The molecular formula is C24H23N3O2S2. The van der Waals surface area contributed by atoms with Crippen LogP contribution >= 0.6 is 24.0 Å². The number of thioether (sulfide) groups is 1. The molecule has 1 aromatic heterocycles. The average molecular weight is 450 g/mol. The summed E-state index contributed by atoms with van der Waals surface area (Å²) in [6, 6.07) is 17.8. The Balaban J connectivity index is 1.80. The maximum absolute atomic E-state index is 12.9. The fourth-order valence-electron chi connectivity index (χ4n) is 3.39. The monoisotopic (exact) mass is 449 g/mol. The van der Waals surface area contributed by atoms with Crippen molar-refractivity contribution in [3.05, 3.63) is 71.3 Å². The number of carbonyl (C=O) groups is 1. The summed E-state index contributed by atoms with van der Waals surface area (Å²) in [5, 5.41) is 4.84. The summed E-state index contributed by atoms with van der Waals surface area (Å²) in [4.78, 5) is 15.2. The number of nitrogens with zero attached hydrogens (tertiary/aromatic N) is 3. The Hall–Kier alpha value is -2.90. The number of benzene rings is 2. The molecule has 2 heterocycles. The third kappa shape index (κ3) is 4.57. The lowest BCUT2D eigenvalue weighted by atomic mass is 10.1. The molecule has 0 bridgehead atoms. The Morgan fingerprint density at radius 2 is 1.94 bits per heavy atom. The molecule has 1 amide bonds. The average Bonchev–Trinajstić information content (AvgIpc) is 3.32. The molecule has 158 valence electrons. The second kappa shape index (κ2) is 9.49. The van der Waals surface area contributed by atoms with E-state index in [2.05, 4.69) is 0 Å². The summed E-state index contributed by atoms with van der Waals surface area (Å²) in [6.45, 7) is 5.22. The van der Waals surface area contributed by atoms with Crippen molar-refractivity contribution in [2.24, 2.45) is 0 Å². The summed E-state index contributed by atoms with van der Waals surface area (Å²) in [7, 11) is 0. The Kier molecular flexibility index (Phi) is 6.53. The van der Waals surface area contributed by atoms with Gasteiger partial charge in [-0.1, -0.05) is 61.2 Å². The van der Waals surface area contributed by atoms with Gasteiger partial charge in [-0.3, -0.25) is 9.69 Å². The van der Waals surface area contributed by atoms with Crippen LogP contribution in [-0.4, -0.2) is 38.1 Å². The highest BCUT2D eigenvalue weighted by Gasteiger charge is 2.31. The zero-order valence-corrected chi connectivity index (χ0v) is 19.1. The molecule has 1 aliphatic rings. The molecule has 0 N–H and O–H groups in total. The standard InChI is InChI=1S/C24H23N3O2S2/c1-3-13-26-23(28)21(31-24(26)30)15-18-16-27(19-10-6-5-7-11-19)25-22(18)17-9-8-12-20(14-17)29-4-2/h5-12,14-16H,3-4,13H2,1-2H3. The number of rotatable bonds is 7. The molecule has 0 unspecified atom stereocenters. The number of amides is 1. The maximum Gasteiger partial charge on any atom is 0.266 e. The maximum atomic E-state index is 12.9. The molecule has 0 aliphatic carbocycles. The van der Waals surface area contributed by atoms with E-state index in [0.29, 0.717) is 22.4 Å². The van der Waals surface area contributed by atoms with Crippen LogP contribution in [0.2, 0.25) is 0 Å². The fourth-order valence-corrected chi connectivity index (χ4v) is 4.69. The molecule has 5 nitrogen and oxygen atoms in total. The van der Waals surface area contributed by atoms with Crippen LogP contribution in [0.3, 0.4) is 0 Å². The van der Waals surface area contributed by atoms with Gasteiger partial charge in [0.2, 0.25) is 0 Å². The third-order valence-corrected chi connectivity index (χ3v) is 6.17. The number of hydrogen-bond donors (Lipinski definition) is 0. The van der Waals surface area contributed by atoms with Gasteiger partial charge in [0, 0.05) is 23.9 Å². The molecule has 0 spiro atoms. The molecule has 1 saturated heterocycles. The first kappa shape index (κ1) is 21.3. The second-order valence-corrected chi connectivity index (χ2v) is 8.68. The molecule has 31 heavy (non-hydrogen) atoms. The number of ether oxygens (including phenoxy) is 1. The lowest BCUT2D eigenvalue weighted by Crippen LogP contribution is -2.28. The van der Waals surface area contributed by atoms with Crippen LogP contribution in [0.1, 0.15) is 25.8 Å². The van der Waals surface area contributed by atoms with Gasteiger partial charge in [0.1, 0.15) is 15.8 Å². The van der Waals surface area contributed by atoms with Gasteiger partial charge in [-0.25, -0.2) is 4.68 Å². The topological polar surface area (TPSA) is 47.4 Å². The normalized spacial score (nSPS) is 15.2. The quantitative estimate of drug-likeness (QED) is 0.350. The number of aromatic nitrogens is 2. The van der Waals surface area contributed by atoms with E-state index in [-0.39, 0.29) is 5.91 Å². The van der Waals surface area contributed by atoms with E-state index < -0.39 is 0 Å². The van der Waals surface area contributed by atoms with E-state index in [1.54, 1.807) is 4.90 Å². The van der Waals surface area contributed by atoms with Crippen molar-refractivity contribution >= 4 is 40.3 Å². The predicted octanol–water partition coefficient (Wildman–Crippen LogP) is 5.55. The Labute approximate surface area is 191 Å². The van der Waals surface area contributed by atoms with Crippen molar-refractivity contribution < 1.29 is 9.53 Å². The van der Waals surface area contributed by atoms with Gasteiger partial charge in [-0.2, -0.15) is 5.10 Å². The molecular weight excluding hydrogens is 426 g/mol. The molecule has 0 radical (unpaired) electrons. The SMILES string of the molecule is CCCN1C(=O)C(=Cc2cn(-c3ccccc3)nc2-c2cccc(OCC)c2)SC1=S. The first-order chi connectivity index (χ1) is 15.1. The molecule has 0 atom stereocenters. The van der Waals surface area contributed by atoms with E-state index in [1.165, 1.54) is 11.8 Å². The van der Waals surface area contributed by atoms with Crippen LogP contribution < -0.4 is 4.74 Å². The number of hydrogen-bond acceptors (Lipinski definition) is 5. The molecule has 1 aliphatic heterocycles. The van der Waals surface area contributed by atoms with Gasteiger partial charge in [-0.05, 0) is 43.7 Å². The summed E-state index contributed by atoms with van der Waals surface area (Å²) >= 11 is 6.76. The summed E-state index contributed by atoms with van der Waals surface area (Å²) < 4.78 is 8.11. The highest BCUT2D eigenvalue weighted by Crippen LogP contribution is 2.35. The molecule has 1 fully saturated rings. The fraction of sp³-hybridized carbons (Fsp3) is 0.208. The number of para-hydroxylation sites is 1. The second-order valence-electron chi connectivity index (χ2n) is 7.01. The highest BCUT2D eigenvalue weighted by atomic mass is 32.2. The van der Waals surface area contributed by atoms with Crippen LogP contribution in [0.15, 0.2) is 65.7 Å². The zero-order valence-electron chi connectivity index (χ0n) is 17.4. The first-order valence-electron chi connectivity index (χ1n) is 10.2.